The molecule has 1 amide bonds. The molecule has 0 saturated carbocycles. The van der Waals surface area contributed by atoms with Crippen molar-refractivity contribution < 1.29 is 9.90 Å². The molecule has 2 aliphatic rings. The summed E-state index contributed by atoms with van der Waals surface area (Å²) in [6.45, 7) is 2.06. The molecule has 0 aromatic heterocycles. The lowest BCUT2D eigenvalue weighted by molar-refractivity contribution is -0.133. The number of carbonyl (C=O) groups is 1. The van der Waals surface area contributed by atoms with Gasteiger partial charge in [-0.05, 0) is 44.4 Å². The molecule has 116 valence electrons. The molecule has 2 N–H and O–H groups in total. The van der Waals surface area contributed by atoms with E-state index >= 15 is 0 Å². The van der Waals surface area contributed by atoms with Gasteiger partial charge in [-0.3, -0.25) is 4.79 Å². The number of hydrogen-bond acceptors (Lipinski definition) is 3. The fourth-order valence-electron chi connectivity index (χ4n) is 3.89. The summed E-state index contributed by atoms with van der Waals surface area (Å²) in [5.74, 6) is 2.97. The quantitative estimate of drug-likeness (QED) is 0.834. The Morgan fingerprint density at radius 2 is 2.36 bits per heavy atom. The third-order valence-corrected chi connectivity index (χ3v) is 4.94. The Labute approximate surface area is 131 Å². The largest absolute Gasteiger partial charge is 0.396 e. The predicted octanol–water partition coefficient (Wildman–Crippen LogP) is 1.84. The van der Waals surface area contributed by atoms with Crippen LogP contribution in [-0.4, -0.2) is 40.6 Å². The monoisotopic (exact) mass is 298 g/mol. The van der Waals surface area contributed by atoms with Gasteiger partial charge in [-0.25, -0.2) is 0 Å². The van der Waals surface area contributed by atoms with Crippen LogP contribution in [0.4, 0.5) is 5.69 Å². The maximum atomic E-state index is 12.8. The first-order valence-electron chi connectivity index (χ1n) is 7.90. The second-order valence-corrected chi connectivity index (χ2v) is 6.31. The molecule has 1 aromatic carbocycles. The minimum atomic E-state index is -0.298. The summed E-state index contributed by atoms with van der Waals surface area (Å²) in [6, 6.07) is 7.76. The van der Waals surface area contributed by atoms with Crippen molar-refractivity contribution in [2.45, 2.75) is 44.3 Å². The van der Waals surface area contributed by atoms with Crippen molar-refractivity contribution in [1.82, 2.24) is 4.90 Å². The van der Waals surface area contributed by atoms with Crippen LogP contribution in [0.25, 0.3) is 0 Å². The Balaban J connectivity index is 1.69. The number of fused-ring (bicyclic) bond motifs is 2. The number of nitrogens with zero attached hydrogens (tertiary/aromatic N) is 1. The number of nitrogens with one attached hydrogen (secondary N) is 1. The van der Waals surface area contributed by atoms with Gasteiger partial charge in [-0.1, -0.05) is 12.0 Å². The van der Waals surface area contributed by atoms with Crippen LogP contribution >= 0.6 is 0 Å². The van der Waals surface area contributed by atoms with Gasteiger partial charge < -0.3 is 15.3 Å². The van der Waals surface area contributed by atoms with Gasteiger partial charge in [0.25, 0.3) is 0 Å². The Bertz CT molecular complexity index is 607. The molecule has 2 saturated heterocycles. The molecule has 0 spiro atoms. The number of rotatable bonds is 4. The normalized spacial score (nSPS) is 27.5. The van der Waals surface area contributed by atoms with Crippen molar-refractivity contribution >= 4 is 11.6 Å². The molecule has 0 radical (unpaired) electrons. The van der Waals surface area contributed by atoms with E-state index in [0.717, 1.165) is 30.5 Å². The summed E-state index contributed by atoms with van der Waals surface area (Å²) < 4.78 is 0. The second kappa shape index (κ2) is 6.02. The molecule has 4 nitrogen and oxygen atoms in total. The molecule has 4 unspecified atom stereocenters. The summed E-state index contributed by atoms with van der Waals surface area (Å²) in [4.78, 5) is 14.8. The van der Waals surface area contributed by atoms with Crippen molar-refractivity contribution in [2.24, 2.45) is 5.92 Å². The van der Waals surface area contributed by atoms with Gasteiger partial charge in [-0.15, -0.1) is 6.42 Å². The average Bonchev–Trinajstić information content (AvgIpc) is 3.11. The molecular formula is C18H22N2O2. The van der Waals surface area contributed by atoms with Crippen LogP contribution in [-0.2, 0) is 4.79 Å². The highest BCUT2D eigenvalue weighted by Gasteiger charge is 2.48. The van der Waals surface area contributed by atoms with Gasteiger partial charge in [0, 0.05) is 35.9 Å². The summed E-state index contributed by atoms with van der Waals surface area (Å²) >= 11 is 0. The predicted molar refractivity (Wildman–Crippen MR) is 86.3 cm³/mol. The smallest absolute Gasteiger partial charge is 0.245 e. The van der Waals surface area contributed by atoms with Crippen molar-refractivity contribution in [2.75, 3.05) is 11.9 Å². The lowest BCUT2D eigenvalue weighted by atomic mass is 9.90. The van der Waals surface area contributed by atoms with Crippen LogP contribution in [0.3, 0.4) is 0 Å². The number of aliphatic hydroxyl groups excluding tert-OH is 1. The number of hydrogen-bond donors (Lipinski definition) is 2. The Morgan fingerprint density at radius 3 is 3.05 bits per heavy atom. The zero-order valence-corrected chi connectivity index (χ0v) is 12.8. The molecule has 4 heteroatoms. The summed E-state index contributed by atoms with van der Waals surface area (Å²) in [5, 5.41) is 12.7. The van der Waals surface area contributed by atoms with Crippen LogP contribution in [0.5, 0.6) is 0 Å². The van der Waals surface area contributed by atoms with Crippen LogP contribution in [0, 0.1) is 18.3 Å². The molecular weight excluding hydrogens is 276 g/mol. The molecule has 2 fully saturated rings. The highest BCUT2D eigenvalue weighted by molar-refractivity contribution is 5.85. The highest BCUT2D eigenvalue weighted by Crippen LogP contribution is 2.41. The fraction of sp³-hybridized carbons (Fsp3) is 0.500. The maximum absolute atomic E-state index is 12.8. The van der Waals surface area contributed by atoms with Crippen LogP contribution in [0.15, 0.2) is 24.3 Å². The molecule has 3 rings (SSSR count). The van der Waals surface area contributed by atoms with Crippen molar-refractivity contribution in [3.8, 4) is 12.3 Å². The third kappa shape index (κ3) is 2.57. The van der Waals surface area contributed by atoms with Gasteiger partial charge in [0.05, 0.1) is 0 Å². The number of aliphatic hydroxyl groups is 1. The first kappa shape index (κ1) is 14.9. The molecule has 2 aliphatic heterocycles. The number of terminal acetylenes is 1. The van der Waals surface area contributed by atoms with E-state index in [-0.39, 0.29) is 30.5 Å². The summed E-state index contributed by atoms with van der Waals surface area (Å²) in [7, 11) is 0. The lowest BCUT2D eigenvalue weighted by Crippen LogP contribution is -2.45. The van der Waals surface area contributed by atoms with Gasteiger partial charge in [0.15, 0.2) is 0 Å². The molecule has 22 heavy (non-hydrogen) atoms. The van der Waals surface area contributed by atoms with E-state index in [2.05, 4.69) is 11.2 Å². The van der Waals surface area contributed by atoms with E-state index in [1.54, 1.807) is 0 Å². The van der Waals surface area contributed by atoms with E-state index in [1.807, 2.05) is 36.1 Å². The molecule has 4 atom stereocenters. The second-order valence-electron chi connectivity index (χ2n) is 6.31. The molecule has 2 bridgehead atoms. The Hall–Kier alpha value is -1.99. The minimum absolute atomic E-state index is 0.120. The van der Waals surface area contributed by atoms with Gasteiger partial charge in [0.1, 0.15) is 6.04 Å². The average molecular weight is 298 g/mol. The number of anilines is 1. The van der Waals surface area contributed by atoms with E-state index in [0.29, 0.717) is 6.04 Å². The minimum Gasteiger partial charge on any atom is -0.396 e. The SMILES string of the molecule is C#Cc1cccc(NC(C)C(=O)N2C3CCC2C(CO)C3)c1. The topological polar surface area (TPSA) is 52.6 Å². The van der Waals surface area contributed by atoms with Gasteiger partial charge >= 0.3 is 0 Å². The third-order valence-electron chi connectivity index (χ3n) is 4.94. The lowest BCUT2D eigenvalue weighted by Gasteiger charge is -2.27. The van der Waals surface area contributed by atoms with Gasteiger partial charge in [-0.2, -0.15) is 0 Å². The number of amides is 1. The van der Waals surface area contributed by atoms with Crippen molar-refractivity contribution in [3.05, 3.63) is 29.8 Å². The zero-order valence-electron chi connectivity index (χ0n) is 12.8. The van der Waals surface area contributed by atoms with Crippen molar-refractivity contribution in [1.29, 1.82) is 0 Å². The Kier molecular flexibility index (Phi) is 4.08. The van der Waals surface area contributed by atoms with Crippen LogP contribution in [0.2, 0.25) is 0 Å². The zero-order chi connectivity index (χ0) is 15.7. The van der Waals surface area contributed by atoms with E-state index < -0.39 is 0 Å². The van der Waals surface area contributed by atoms with E-state index in [1.165, 1.54) is 0 Å². The first-order chi connectivity index (χ1) is 10.6. The maximum Gasteiger partial charge on any atom is 0.245 e. The first-order valence-corrected chi connectivity index (χ1v) is 7.90. The Morgan fingerprint density at radius 1 is 1.55 bits per heavy atom. The summed E-state index contributed by atoms with van der Waals surface area (Å²) in [6.07, 6.45) is 8.42. The highest BCUT2D eigenvalue weighted by atomic mass is 16.3. The standard InChI is InChI=1S/C18H22N2O2/c1-3-13-5-4-6-15(9-13)19-12(2)18(22)20-16-7-8-17(20)14(10-16)11-21/h1,4-6,9,12,14,16-17,19,21H,7-8,10-11H2,2H3. The molecule has 2 heterocycles. The van der Waals surface area contributed by atoms with Crippen LogP contribution in [0.1, 0.15) is 31.7 Å². The van der Waals surface area contributed by atoms with E-state index in [9.17, 15) is 9.90 Å². The fourth-order valence-corrected chi connectivity index (χ4v) is 3.89. The molecule has 0 aliphatic carbocycles. The summed E-state index contributed by atoms with van der Waals surface area (Å²) in [5.41, 5.74) is 1.66. The van der Waals surface area contributed by atoms with Gasteiger partial charge in [0.2, 0.25) is 5.91 Å². The number of carbonyl (C=O) groups excluding carboxylic acids is 1. The van der Waals surface area contributed by atoms with Crippen LogP contribution < -0.4 is 5.32 Å². The molecule has 1 aromatic rings. The number of benzene rings is 1. The van der Waals surface area contributed by atoms with Crippen molar-refractivity contribution in [3.63, 3.8) is 0 Å². The van der Waals surface area contributed by atoms with E-state index in [4.69, 9.17) is 6.42 Å².